The van der Waals surface area contributed by atoms with Gasteiger partial charge in [-0.25, -0.2) is 4.90 Å². The second-order valence-electron chi connectivity index (χ2n) is 10.4. The standard InChI is InChI=1S/C27H30ClN3O4/c1-16(32)29-18-10-12-19(13-11-18)31-22(33)14-21(24(31)34)30(15-17-8-6-7-9-20(17)28)25(35)23-26(2,3)27(23,4)5/h6-13,21,23H,14-15H2,1-5H3,(H,29,32). The molecule has 1 saturated heterocycles. The average molecular weight is 496 g/mol. The second-order valence-corrected chi connectivity index (χ2v) is 10.9. The van der Waals surface area contributed by atoms with Crippen molar-refractivity contribution in [1.82, 2.24) is 4.90 Å². The number of anilines is 2. The Morgan fingerprint density at radius 2 is 1.63 bits per heavy atom. The maximum atomic E-state index is 13.8. The zero-order chi connectivity index (χ0) is 25.7. The molecule has 1 heterocycles. The summed E-state index contributed by atoms with van der Waals surface area (Å²) in [6, 6.07) is 12.8. The molecule has 0 radical (unpaired) electrons. The van der Waals surface area contributed by atoms with E-state index in [0.29, 0.717) is 16.4 Å². The van der Waals surface area contributed by atoms with Crippen molar-refractivity contribution in [1.29, 1.82) is 0 Å². The Balaban J connectivity index is 1.65. The maximum Gasteiger partial charge on any atom is 0.257 e. The summed E-state index contributed by atoms with van der Waals surface area (Å²) in [5.41, 5.74) is 1.22. The third-order valence-electron chi connectivity index (χ3n) is 7.79. The Hall–Kier alpha value is -3.19. The van der Waals surface area contributed by atoms with Gasteiger partial charge in [-0.3, -0.25) is 19.2 Å². The van der Waals surface area contributed by atoms with Crippen LogP contribution in [0.1, 0.15) is 46.6 Å². The molecule has 1 saturated carbocycles. The predicted molar refractivity (Wildman–Crippen MR) is 135 cm³/mol. The number of rotatable bonds is 6. The Morgan fingerprint density at radius 3 is 2.17 bits per heavy atom. The van der Waals surface area contributed by atoms with Crippen LogP contribution in [0, 0.1) is 16.7 Å². The molecule has 1 aliphatic carbocycles. The predicted octanol–water partition coefficient (Wildman–Crippen LogP) is 4.64. The van der Waals surface area contributed by atoms with Crippen molar-refractivity contribution >= 4 is 46.6 Å². The van der Waals surface area contributed by atoms with Gasteiger partial charge in [0.1, 0.15) is 6.04 Å². The summed E-state index contributed by atoms with van der Waals surface area (Å²) in [6.45, 7) is 9.74. The number of nitrogens with zero attached hydrogens (tertiary/aromatic N) is 2. The molecule has 0 bridgehead atoms. The van der Waals surface area contributed by atoms with E-state index in [9.17, 15) is 19.2 Å². The number of amides is 4. The zero-order valence-corrected chi connectivity index (χ0v) is 21.3. The van der Waals surface area contributed by atoms with Gasteiger partial charge in [-0.05, 0) is 46.7 Å². The topological polar surface area (TPSA) is 86.8 Å². The highest BCUT2D eigenvalue weighted by molar-refractivity contribution is 6.31. The lowest BCUT2D eigenvalue weighted by atomic mass is 10.0. The van der Waals surface area contributed by atoms with Crippen LogP contribution in [0.25, 0.3) is 0 Å². The van der Waals surface area contributed by atoms with Crippen LogP contribution >= 0.6 is 11.6 Å². The van der Waals surface area contributed by atoms with E-state index in [1.54, 1.807) is 30.3 Å². The van der Waals surface area contributed by atoms with Crippen molar-refractivity contribution in [3.8, 4) is 0 Å². The third-order valence-corrected chi connectivity index (χ3v) is 8.16. The van der Waals surface area contributed by atoms with Crippen LogP contribution < -0.4 is 10.2 Å². The smallest absolute Gasteiger partial charge is 0.257 e. The first-order chi connectivity index (χ1) is 16.4. The molecule has 4 rings (SSSR count). The van der Waals surface area contributed by atoms with Gasteiger partial charge < -0.3 is 10.2 Å². The highest BCUT2D eigenvalue weighted by Gasteiger charge is 2.69. The van der Waals surface area contributed by atoms with Crippen molar-refractivity contribution in [2.75, 3.05) is 10.2 Å². The highest BCUT2D eigenvalue weighted by Crippen LogP contribution is 2.69. The van der Waals surface area contributed by atoms with Crippen LogP contribution in [0.5, 0.6) is 0 Å². The fourth-order valence-electron chi connectivity index (χ4n) is 5.16. The first kappa shape index (κ1) is 24.9. The number of halogens is 1. The largest absolute Gasteiger partial charge is 0.326 e. The average Bonchev–Trinajstić information content (AvgIpc) is 3.01. The van der Waals surface area contributed by atoms with Gasteiger partial charge in [0, 0.05) is 30.1 Å². The highest BCUT2D eigenvalue weighted by atomic mass is 35.5. The molecule has 4 amide bonds. The lowest BCUT2D eigenvalue weighted by Crippen LogP contribution is -2.46. The normalized spacial score (nSPS) is 20.6. The summed E-state index contributed by atoms with van der Waals surface area (Å²) in [7, 11) is 0. The molecular weight excluding hydrogens is 466 g/mol. The summed E-state index contributed by atoms with van der Waals surface area (Å²) in [6.07, 6.45) is -0.101. The molecule has 1 N–H and O–H groups in total. The molecule has 2 aromatic carbocycles. The van der Waals surface area contributed by atoms with E-state index in [1.807, 2.05) is 45.9 Å². The maximum absolute atomic E-state index is 13.8. The molecule has 184 valence electrons. The summed E-state index contributed by atoms with van der Waals surface area (Å²) in [4.78, 5) is 54.4. The summed E-state index contributed by atoms with van der Waals surface area (Å²) in [5.74, 6) is -1.46. The van der Waals surface area contributed by atoms with Gasteiger partial charge in [-0.15, -0.1) is 0 Å². The lowest BCUT2D eigenvalue weighted by Gasteiger charge is -2.29. The van der Waals surface area contributed by atoms with E-state index in [2.05, 4.69) is 5.32 Å². The molecule has 1 atom stereocenters. The van der Waals surface area contributed by atoms with Gasteiger partial charge in [-0.1, -0.05) is 57.5 Å². The van der Waals surface area contributed by atoms with E-state index < -0.39 is 11.9 Å². The molecule has 8 heteroatoms. The Bertz CT molecular complexity index is 1190. The fourth-order valence-corrected chi connectivity index (χ4v) is 5.35. The summed E-state index contributed by atoms with van der Waals surface area (Å²) >= 11 is 6.40. The number of hydrogen-bond acceptors (Lipinski definition) is 4. The Kier molecular flexibility index (Phi) is 6.26. The quantitative estimate of drug-likeness (QED) is 0.591. The van der Waals surface area contributed by atoms with Gasteiger partial charge >= 0.3 is 0 Å². The number of imide groups is 1. The first-order valence-electron chi connectivity index (χ1n) is 11.6. The van der Waals surface area contributed by atoms with Crippen molar-refractivity contribution in [2.45, 2.75) is 53.6 Å². The van der Waals surface area contributed by atoms with Crippen LogP contribution in [0.15, 0.2) is 48.5 Å². The summed E-state index contributed by atoms with van der Waals surface area (Å²) < 4.78 is 0. The lowest BCUT2D eigenvalue weighted by molar-refractivity contribution is -0.141. The molecular formula is C27H30ClN3O4. The van der Waals surface area contributed by atoms with E-state index in [0.717, 1.165) is 10.5 Å². The first-order valence-corrected chi connectivity index (χ1v) is 12.0. The molecule has 0 aromatic heterocycles. The van der Waals surface area contributed by atoms with Crippen LogP contribution in [-0.4, -0.2) is 34.6 Å². The van der Waals surface area contributed by atoms with E-state index in [1.165, 1.54) is 11.8 Å². The van der Waals surface area contributed by atoms with Gasteiger partial charge in [0.05, 0.1) is 12.1 Å². The molecule has 1 unspecified atom stereocenters. The van der Waals surface area contributed by atoms with Crippen LogP contribution in [0.3, 0.4) is 0 Å². The van der Waals surface area contributed by atoms with Gasteiger partial charge in [-0.2, -0.15) is 0 Å². The fraction of sp³-hybridized carbons (Fsp3) is 0.407. The number of nitrogens with one attached hydrogen (secondary N) is 1. The van der Waals surface area contributed by atoms with Crippen molar-refractivity contribution in [3.63, 3.8) is 0 Å². The molecule has 7 nitrogen and oxygen atoms in total. The molecule has 1 aliphatic heterocycles. The molecule has 0 spiro atoms. The monoisotopic (exact) mass is 495 g/mol. The minimum absolute atomic E-state index is 0.101. The van der Waals surface area contributed by atoms with Crippen LogP contribution in [0.2, 0.25) is 5.02 Å². The third kappa shape index (κ3) is 4.33. The SMILES string of the molecule is CC(=O)Nc1ccc(N2C(=O)CC(N(Cc3ccccc3Cl)C(=O)C3C(C)(C)C3(C)C)C2=O)cc1. The minimum atomic E-state index is -0.923. The molecule has 2 fully saturated rings. The van der Waals surface area contributed by atoms with E-state index >= 15 is 0 Å². The second kappa shape index (κ2) is 8.79. The number of hydrogen-bond donors (Lipinski definition) is 1. The van der Waals surface area contributed by atoms with Crippen molar-refractivity contribution in [2.24, 2.45) is 16.7 Å². The summed E-state index contributed by atoms with van der Waals surface area (Å²) in [5, 5.41) is 3.16. The number of carbonyl (C=O) groups excluding carboxylic acids is 4. The van der Waals surface area contributed by atoms with Crippen molar-refractivity contribution < 1.29 is 19.2 Å². The Morgan fingerprint density at radius 1 is 1.03 bits per heavy atom. The number of carbonyl (C=O) groups is 4. The van der Waals surface area contributed by atoms with Crippen LogP contribution in [0.4, 0.5) is 11.4 Å². The molecule has 35 heavy (non-hydrogen) atoms. The van der Waals surface area contributed by atoms with Crippen molar-refractivity contribution in [3.05, 3.63) is 59.1 Å². The van der Waals surface area contributed by atoms with E-state index in [4.69, 9.17) is 11.6 Å². The molecule has 2 aromatic rings. The van der Waals surface area contributed by atoms with E-state index in [-0.39, 0.29) is 47.4 Å². The molecule has 2 aliphatic rings. The van der Waals surface area contributed by atoms with Gasteiger partial charge in [0.25, 0.3) is 5.91 Å². The van der Waals surface area contributed by atoms with Gasteiger partial charge in [0.2, 0.25) is 17.7 Å². The Labute approximate surface area is 210 Å². The van der Waals surface area contributed by atoms with Crippen LogP contribution in [-0.2, 0) is 25.7 Å². The minimum Gasteiger partial charge on any atom is -0.326 e. The number of benzene rings is 2. The zero-order valence-electron chi connectivity index (χ0n) is 20.6. The van der Waals surface area contributed by atoms with Gasteiger partial charge in [0.15, 0.2) is 0 Å².